The molecule has 0 radical (unpaired) electrons. The lowest BCUT2D eigenvalue weighted by atomic mass is 10.2. The smallest absolute Gasteiger partial charge is 0.209 e. The van der Waals surface area contributed by atoms with Crippen LogP contribution in [-0.2, 0) is 13.1 Å². The molecule has 1 N–H and O–H groups in total. The molecule has 0 spiro atoms. The van der Waals surface area contributed by atoms with Crippen LogP contribution < -0.4 is 0 Å². The lowest BCUT2D eigenvalue weighted by molar-refractivity contribution is 0.479. The van der Waals surface area contributed by atoms with Crippen LogP contribution in [-0.4, -0.2) is 30.0 Å². The minimum atomic E-state index is 0.509. The number of tetrazole rings is 1. The minimum Gasteiger partial charge on any atom is -0.304 e. The highest BCUT2D eigenvalue weighted by Crippen LogP contribution is 2.16. The quantitative estimate of drug-likeness (QED) is 0.672. The van der Waals surface area contributed by atoms with E-state index in [0.29, 0.717) is 22.9 Å². The highest BCUT2D eigenvalue weighted by atomic mass is 79.9. The molecule has 0 saturated heterocycles. The summed E-state index contributed by atoms with van der Waals surface area (Å²) < 4.78 is 3.69. The summed E-state index contributed by atoms with van der Waals surface area (Å²) in [5.74, 6) is 1.06. The highest BCUT2D eigenvalue weighted by molar-refractivity contribution is 9.10. The molecule has 0 atom stereocenters. The number of benzene rings is 1. The molecular weight excluding hydrogens is 376 g/mol. The van der Waals surface area contributed by atoms with E-state index in [1.807, 2.05) is 35.1 Å². The molecule has 120 valence electrons. The number of nitrogens with zero attached hydrogens (tertiary/aromatic N) is 5. The summed E-state index contributed by atoms with van der Waals surface area (Å²) in [6.45, 7) is 5.71. The molecule has 3 rings (SSSR count). The van der Waals surface area contributed by atoms with Gasteiger partial charge < -0.3 is 5.10 Å². The fourth-order valence-corrected chi connectivity index (χ4v) is 2.78. The van der Waals surface area contributed by atoms with Crippen molar-refractivity contribution in [2.75, 3.05) is 0 Å². The van der Waals surface area contributed by atoms with Crippen molar-refractivity contribution in [1.82, 2.24) is 30.0 Å². The second-order valence-corrected chi connectivity index (χ2v) is 7.07. The Morgan fingerprint density at radius 2 is 2.00 bits per heavy atom. The third-order valence-electron chi connectivity index (χ3n) is 3.32. The molecule has 23 heavy (non-hydrogen) atoms. The Balaban J connectivity index is 1.80. The van der Waals surface area contributed by atoms with E-state index in [0.717, 1.165) is 22.1 Å². The second kappa shape index (κ2) is 6.76. The van der Waals surface area contributed by atoms with Crippen LogP contribution in [0.4, 0.5) is 0 Å². The van der Waals surface area contributed by atoms with E-state index >= 15 is 0 Å². The Hall–Kier alpha value is -1.80. The Bertz CT molecular complexity index is 845. The highest BCUT2D eigenvalue weighted by Gasteiger charge is 2.12. The predicted octanol–water partition coefficient (Wildman–Crippen LogP) is 3.67. The van der Waals surface area contributed by atoms with Crippen LogP contribution in [0, 0.1) is 10.6 Å². The summed E-state index contributed by atoms with van der Waals surface area (Å²) in [7, 11) is 0. The van der Waals surface area contributed by atoms with Crippen LogP contribution in [0.3, 0.4) is 0 Å². The Morgan fingerprint density at radius 1 is 1.26 bits per heavy atom. The van der Waals surface area contributed by atoms with Crippen LogP contribution >= 0.6 is 28.1 Å². The number of halogens is 1. The molecule has 1 aromatic carbocycles. The van der Waals surface area contributed by atoms with Gasteiger partial charge in [-0.25, -0.2) is 0 Å². The number of rotatable bonds is 5. The van der Waals surface area contributed by atoms with Crippen molar-refractivity contribution in [3.8, 4) is 11.4 Å². The first-order valence-electron chi connectivity index (χ1n) is 7.34. The van der Waals surface area contributed by atoms with Gasteiger partial charge in [-0.1, -0.05) is 54.1 Å². The summed E-state index contributed by atoms with van der Waals surface area (Å²) in [5.41, 5.74) is 1.92. The summed E-state index contributed by atoms with van der Waals surface area (Å²) in [6.07, 6.45) is 1.84. The van der Waals surface area contributed by atoms with Crippen LogP contribution in [0.1, 0.15) is 19.4 Å². The molecule has 0 aliphatic rings. The van der Waals surface area contributed by atoms with E-state index < -0.39 is 0 Å². The third kappa shape index (κ3) is 3.76. The molecule has 3 aromatic rings. The molecule has 0 saturated carbocycles. The molecule has 0 aliphatic carbocycles. The lowest BCUT2D eigenvalue weighted by Crippen LogP contribution is -2.05. The van der Waals surface area contributed by atoms with Gasteiger partial charge in [0.2, 0.25) is 5.82 Å². The van der Waals surface area contributed by atoms with Crippen molar-refractivity contribution in [2.24, 2.45) is 5.92 Å². The van der Waals surface area contributed by atoms with E-state index in [2.05, 4.69) is 50.3 Å². The lowest BCUT2D eigenvalue weighted by Gasteiger charge is -2.04. The molecule has 8 heteroatoms. The molecule has 2 aromatic heterocycles. The van der Waals surface area contributed by atoms with Crippen molar-refractivity contribution in [2.45, 2.75) is 26.9 Å². The van der Waals surface area contributed by atoms with Gasteiger partial charge in [-0.15, -0.1) is 10.2 Å². The van der Waals surface area contributed by atoms with E-state index in [1.54, 1.807) is 4.80 Å². The third-order valence-corrected chi connectivity index (χ3v) is 4.29. The van der Waals surface area contributed by atoms with Crippen LogP contribution in [0.5, 0.6) is 0 Å². The van der Waals surface area contributed by atoms with Crippen LogP contribution in [0.15, 0.2) is 34.9 Å². The summed E-state index contributed by atoms with van der Waals surface area (Å²) in [5, 5.41) is 15.8. The van der Waals surface area contributed by atoms with Gasteiger partial charge in [0.05, 0.1) is 12.1 Å². The maximum absolute atomic E-state index is 5.49. The van der Waals surface area contributed by atoms with Gasteiger partial charge in [0.25, 0.3) is 0 Å². The van der Waals surface area contributed by atoms with E-state index in [9.17, 15) is 0 Å². The monoisotopic (exact) mass is 392 g/mol. The zero-order valence-corrected chi connectivity index (χ0v) is 15.3. The summed E-state index contributed by atoms with van der Waals surface area (Å²) >= 11 is 8.91. The van der Waals surface area contributed by atoms with Gasteiger partial charge in [-0.05, 0) is 28.8 Å². The molecule has 0 amide bonds. The minimum absolute atomic E-state index is 0.509. The van der Waals surface area contributed by atoms with E-state index in [-0.39, 0.29) is 0 Å². The first kappa shape index (κ1) is 16.1. The van der Waals surface area contributed by atoms with Gasteiger partial charge in [0.15, 0.2) is 0 Å². The summed E-state index contributed by atoms with van der Waals surface area (Å²) in [4.78, 5) is 1.58. The average molecular weight is 393 g/mol. The zero-order valence-electron chi connectivity index (χ0n) is 12.9. The standard InChI is InChI=1S/C15H17BrN6S/c1-10(2)8-21-15(23)13(7-17-21)14-18-20-22(19-14)9-11-3-5-12(16)6-4-11/h3-7,10,17H,8-9H2,1-2H3. The van der Waals surface area contributed by atoms with Gasteiger partial charge in [-0.3, -0.25) is 4.68 Å². The largest absolute Gasteiger partial charge is 0.304 e. The van der Waals surface area contributed by atoms with E-state index in [1.165, 1.54) is 0 Å². The van der Waals surface area contributed by atoms with Crippen molar-refractivity contribution >= 4 is 28.1 Å². The Labute approximate surface area is 147 Å². The number of hydrogen-bond acceptors (Lipinski definition) is 4. The summed E-state index contributed by atoms with van der Waals surface area (Å²) in [6, 6.07) is 8.04. The second-order valence-electron chi connectivity index (χ2n) is 5.77. The predicted molar refractivity (Wildman–Crippen MR) is 94.5 cm³/mol. The fourth-order valence-electron chi connectivity index (χ4n) is 2.24. The molecule has 0 unspecified atom stereocenters. The average Bonchev–Trinajstić information content (AvgIpc) is 3.09. The fraction of sp³-hybridized carbons (Fsp3) is 0.333. The van der Waals surface area contributed by atoms with E-state index in [4.69, 9.17) is 12.2 Å². The zero-order chi connectivity index (χ0) is 16.4. The maximum atomic E-state index is 5.49. The molecule has 0 aliphatic heterocycles. The number of aromatic amines is 1. The van der Waals surface area contributed by atoms with Crippen molar-refractivity contribution in [3.63, 3.8) is 0 Å². The normalized spacial score (nSPS) is 11.3. The Morgan fingerprint density at radius 3 is 2.70 bits per heavy atom. The van der Waals surface area contributed by atoms with Crippen molar-refractivity contribution < 1.29 is 0 Å². The van der Waals surface area contributed by atoms with Crippen LogP contribution in [0.2, 0.25) is 0 Å². The SMILES string of the molecule is CC(C)Cn1[nH]cc(-c2nnn(Cc3ccc(Br)cc3)n2)c1=S. The number of hydrogen-bond donors (Lipinski definition) is 1. The molecular formula is C15H17BrN6S. The Kier molecular flexibility index (Phi) is 4.72. The molecule has 6 nitrogen and oxygen atoms in total. The maximum Gasteiger partial charge on any atom is 0.209 e. The van der Waals surface area contributed by atoms with Crippen molar-refractivity contribution in [1.29, 1.82) is 0 Å². The first-order chi connectivity index (χ1) is 11.0. The van der Waals surface area contributed by atoms with Gasteiger partial charge in [0, 0.05) is 17.2 Å². The number of nitrogens with one attached hydrogen (secondary N) is 1. The van der Waals surface area contributed by atoms with Gasteiger partial charge in [0.1, 0.15) is 4.64 Å². The van der Waals surface area contributed by atoms with Gasteiger partial charge >= 0.3 is 0 Å². The first-order valence-corrected chi connectivity index (χ1v) is 8.54. The number of H-pyrrole nitrogens is 1. The molecule has 0 bridgehead atoms. The topological polar surface area (TPSA) is 64.3 Å². The molecule has 2 heterocycles. The van der Waals surface area contributed by atoms with Crippen LogP contribution in [0.25, 0.3) is 11.4 Å². The molecule has 0 fully saturated rings. The van der Waals surface area contributed by atoms with Crippen molar-refractivity contribution in [3.05, 3.63) is 45.1 Å². The van der Waals surface area contributed by atoms with Gasteiger partial charge in [-0.2, -0.15) is 4.80 Å². The number of aromatic nitrogens is 6.